The fraction of sp³-hybridized carbons (Fsp3) is 0.444. The van der Waals surface area contributed by atoms with E-state index in [1.807, 2.05) is 6.07 Å². The van der Waals surface area contributed by atoms with E-state index in [0.29, 0.717) is 37.7 Å². The Balaban J connectivity index is 1.51. The highest BCUT2D eigenvalue weighted by Crippen LogP contribution is 2.31. The van der Waals surface area contributed by atoms with Crippen molar-refractivity contribution < 1.29 is 13.2 Å². The highest BCUT2D eigenvalue weighted by molar-refractivity contribution is 7.89. The highest BCUT2D eigenvalue weighted by Gasteiger charge is 2.37. The van der Waals surface area contributed by atoms with Gasteiger partial charge in [-0.25, -0.2) is 18.4 Å². The van der Waals surface area contributed by atoms with Gasteiger partial charge in [-0.3, -0.25) is 9.78 Å². The minimum absolute atomic E-state index is 0.108. The molecule has 0 aromatic carbocycles. The van der Waals surface area contributed by atoms with Crippen molar-refractivity contribution in [2.45, 2.75) is 24.7 Å². The van der Waals surface area contributed by atoms with Gasteiger partial charge in [0.1, 0.15) is 4.90 Å². The summed E-state index contributed by atoms with van der Waals surface area (Å²) in [6.07, 6.45) is 6.57. The summed E-state index contributed by atoms with van der Waals surface area (Å²) in [6.45, 7) is 3.13. The maximum atomic E-state index is 13.0. The molecular formula is C18H21N5O3S. The average Bonchev–Trinajstić information content (AvgIpc) is 3.53. The molecular weight excluding hydrogens is 366 g/mol. The summed E-state index contributed by atoms with van der Waals surface area (Å²) in [6, 6.07) is 3.60. The summed E-state index contributed by atoms with van der Waals surface area (Å²) >= 11 is 0. The van der Waals surface area contributed by atoms with E-state index in [4.69, 9.17) is 0 Å². The Bertz CT molecular complexity index is 952. The van der Waals surface area contributed by atoms with Crippen LogP contribution in [-0.2, 0) is 14.8 Å². The lowest BCUT2D eigenvalue weighted by molar-refractivity contribution is -0.133. The van der Waals surface area contributed by atoms with Gasteiger partial charge in [0.2, 0.25) is 15.9 Å². The molecule has 0 radical (unpaired) electrons. The molecule has 3 heterocycles. The van der Waals surface area contributed by atoms with E-state index >= 15 is 0 Å². The van der Waals surface area contributed by atoms with E-state index in [1.165, 1.54) is 10.5 Å². The monoisotopic (exact) mass is 387 g/mol. The van der Waals surface area contributed by atoms with Crippen molar-refractivity contribution in [2.24, 2.45) is 5.92 Å². The molecule has 4 rings (SSSR count). The number of sulfonamides is 1. The second-order valence-electron chi connectivity index (χ2n) is 6.89. The van der Waals surface area contributed by atoms with E-state index in [1.54, 1.807) is 30.3 Å². The van der Waals surface area contributed by atoms with Crippen molar-refractivity contribution in [1.29, 1.82) is 0 Å². The predicted molar refractivity (Wildman–Crippen MR) is 98.1 cm³/mol. The molecule has 1 aliphatic heterocycles. The van der Waals surface area contributed by atoms with Crippen molar-refractivity contribution in [1.82, 2.24) is 24.2 Å². The summed E-state index contributed by atoms with van der Waals surface area (Å²) in [7, 11) is -3.69. The number of hydrogen-bond acceptors (Lipinski definition) is 6. The van der Waals surface area contributed by atoms with Crippen LogP contribution >= 0.6 is 0 Å². The second-order valence-corrected chi connectivity index (χ2v) is 8.79. The quantitative estimate of drug-likeness (QED) is 0.779. The van der Waals surface area contributed by atoms with Crippen LogP contribution in [-0.4, -0.2) is 64.7 Å². The standard InChI is InChI=1S/C18H21N5O3S/c1-13-16(12-20-17(21-13)15-3-2-6-19-11-15)27(25,26)23-9-7-22(8-10-23)18(24)14-4-5-14/h2-3,6,11-12,14H,4-5,7-10H2,1H3. The first-order chi connectivity index (χ1) is 13.0. The molecule has 142 valence electrons. The third-order valence-corrected chi connectivity index (χ3v) is 6.95. The van der Waals surface area contributed by atoms with Gasteiger partial charge in [0.25, 0.3) is 0 Å². The summed E-state index contributed by atoms with van der Waals surface area (Å²) in [5.41, 5.74) is 1.14. The molecule has 1 amide bonds. The molecule has 0 unspecified atom stereocenters. The Kier molecular flexibility index (Phi) is 4.65. The number of hydrogen-bond donors (Lipinski definition) is 0. The topological polar surface area (TPSA) is 96.4 Å². The Morgan fingerprint density at radius 3 is 2.48 bits per heavy atom. The molecule has 2 aliphatic rings. The first-order valence-corrected chi connectivity index (χ1v) is 10.4. The van der Waals surface area contributed by atoms with Crippen LogP contribution in [0.2, 0.25) is 0 Å². The lowest BCUT2D eigenvalue weighted by atomic mass is 10.2. The molecule has 27 heavy (non-hydrogen) atoms. The molecule has 2 aromatic rings. The van der Waals surface area contributed by atoms with Gasteiger partial charge in [0.15, 0.2) is 5.82 Å². The molecule has 0 spiro atoms. The molecule has 1 saturated carbocycles. The van der Waals surface area contributed by atoms with Crippen LogP contribution in [0.5, 0.6) is 0 Å². The number of carbonyl (C=O) groups is 1. The lowest BCUT2D eigenvalue weighted by Crippen LogP contribution is -2.51. The summed E-state index contributed by atoms with van der Waals surface area (Å²) in [4.78, 5) is 26.6. The molecule has 2 aromatic heterocycles. The third kappa shape index (κ3) is 3.57. The highest BCUT2D eigenvalue weighted by atomic mass is 32.2. The number of aromatic nitrogens is 3. The van der Waals surface area contributed by atoms with Crippen molar-refractivity contribution in [2.75, 3.05) is 26.2 Å². The van der Waals surface area contributed by atoms with Crippen molar-refractivity contribution in [3.05, 3.63) is 36.4 Å². The van der Waals surface area contributed by atoms with Crippen LogP contribution in [0.4, 0.5) is 0 Å². The largest absolute Gasteiger partial charge is 0.340 e. The van der Waals surface area contributed by atoms with Crippen LogP contribution in [0, 0.1) is 12.8 Å². The lowest BCUT2D eigenvalue weighted by Gasteiger charge is -2.34. The summed E-state index contributed by atoms with van der Waals surface area (Å²) in [5, 5.41) is 0. The molecule has 0 N–H and O–H groups in total. The van der Waals surface area contributed by atoms with Gasteiger partial charge < -0.3 is 4.90 Å². The molecule has 8 nitrogen and oxygen atoms in total. The normalized spacial score (nSPS) is 18.5. The summed E-state index contributed by atoms with van der Waals surface area (Å²) < 4.78 is 27.4. The van der Waals surface area contributed by atoms with Crippen LogP contribution in [0.25, 0.3) is 11.4 Å². The molecule has 1 saturated heterocycles. The zero-order chi connectivity index (χ0) is 19.0. The van der Waals surface area contributed by atoms with Crippen LogP contribution in [0.1, 0.15) is 18.5 Å². The maximum absolute atomic E-state index is 13.0. The van der Waals surface area contributed by atoms with Crippen LogP contribution in [0.3, 0.4) is 0 Å². The van der Waals surface area contributed by atoms with Gasteiger partial charge in [-0.05, 0) is 31.9 Å². The van der Waals surface area contributed by atoms with Gasteiger partial charge in [0.05, 0.1) is 11.9 Å². The second kappa shape index (κ2) is 6.97. The van der Waals surface area contributed by atoms with Crippen molar-refractivity contribution >= 4 is 15.9 Å². The number of rotatable bonds is 4. The molecule has 2 fully saturated rings. The molecule has 0 bridgehead atoms. The third-order valence-electron chi connectivity index (χ3n) is 4.95. The summed E-state index contributed by atoms with van der Waals surface area (Å²) in [5.74, 6) is 0.760. The van der Waals surface area contributed by atoms with Gasteiger partial charge in [-0.2, -0.15) is 4.31 Å². The zero-order valence-electron chi connectivity index (χ0n) is 15.1. The predicted octanol–water partition coefficient (Wildman–Crippen LogP) is 1.09. The first-order valence-electron chi connectivity index (χ1n) is 9.00. The molecule has 0 atom stereocenters. The number of piperazine rings is 1. The minimum atomic E-state index is -3.69. The van der Waals surface area contributed by atoms with Crippen LogP contribution < -0.4 is 0 Å². The van der Waals surface area contributed by atoms with E-state index in [2.05, 4.69) is 15.0 Å². The minimum Gasteiger partial charge on any atom is -0.340 e. The van der Waals surface area contributed by atoms with E-state index in [0.717, 1.165) is 18.4 Å². The fourth-order valence-corrected chi connectivity index (χ4v) is 4.75. The molecule has 9 heteroatoms. The number of carbonyl (C=O) groups excluding carboxylic acids is 1. The van der Waals surface area contributed by atoms with Crippen molar-refractivity contribution in [3.63, 3.8) is 0 Å². The van der Waals surface area contributed by atoms with Gasteiger partial charge in [-0.15, -0.1) is 0 Å². The Labute approximate surface area is 158 Å². The number of pyridine rings is 1. The molecule has 1 aliphatic carbocycles. The van der Waals surface area contributed by atoms with Gasteiger partial charge in [0, 0.05) is 50.1 Å². The number of aryl methyl sites for hydroxylation is 1. The van der Waals surface area contributed by atoms with E-state index in [-0.39, 0.29) is 16.7 Å². The van der Waals surface area contributed by atoms with E-state index in [9.17, 15) is 13.2 Å². The smallest absolute Gasteiger partial charge is 0.246 e. The SMILES string of the molecule is Cc1nc(-c2cccnc2)ncc1S(=O)(=O)N1CCN(C(=O)C2CC2)CC1. The van der Waals surface area contributed by atoms with Crippen molar-refractivity contribution in [3.8, 4) is 11.4 Å². The number of amides is 1. The van der Waals surface area contributed by atoms with Crippen LogP contribution in [0.15, 0.2) is 35.6 Å². The Morgan fingerprint density at radius 1 is 1.15 bits per heavy atom. The average molecular weight is 387 g/mol. The maximum Gasteiger partial charge on any atom is 0.246 e. The number of nitrogens with zero attached hydrogens (tertiary/aromatic N) is 5. The van der Waals surface area contributed by atoms with E-state index < -0.39 is 10.0 Å². The fourth-order valence-electron chi connectivity index (χ4n) is 3.22. The Morgan fingerprint density at radius 2 is 1.89 bits per heavy atom. The van der Waals surface area contributed by atoms with Gasteiger partial charge in [-0.1, -0.05) is 0 Å². The first kappa shape index (κ1) is 18.0. The van der Waals surface area contributed by atoms with Gasteiger partial charge >= 0.3 is 0 Å². The zero-order valence-corrected chi connectivity index (χ0v) is 15.9. The Hall–Kier alpha value is -2.39.